The van der Waals surface area contributed by atoms with E-state index in [0.717, 1.165) is 66.4 Å². The lowest BCUT2D eigenvalue weighted by Gasteiger charge is -2.30. The third kappa shape index (κ3) is 4.98. The van der Waals surface area contributed by atoms with Crippen LogP contribution in [0.25, 0.3) is 101 Å². The third-order valence-corrected chi connectivity index (χ3v) is 12.9. The van der Waals surface area contributed by atoms with Crippen LogP contribution >= 0.6 is 0 Å². The summed E-state index contributed by atoms with van der Waals surface area (Å²) in [7, 11) is 0. The Hall–Kier alpha value is -8.21. The van der Waals surface area contributed by atoms with Crippen LogP contribution in [0.1, 0.15) is 22.3 Å². The first-order chi connectivity index (χ1) is 30.7. The molecule has 2 aliphatic rings. The van der Waals surface area contributed by atoms with E-state index in [2.05, 4.69) is 176 Å². The lowest BCUT2D eigenvalue weighted by molar-refractivity contribution is 0.669. The maximum Gasteiger partial charge on any atom is 0.164 e. The SMILES string of the molecule is c1ccc(-c2cc(-c3ccccc3)cc(-c3nc(-c4ccccc4)nc(-c4cccc5oc6c7c(ccc6c45)C4(c5ccccc5-c5ccccc54)c4ccccc4-7)n3)c2)cc1. The van der Waals surface area contributed by atoms with Crippen molar-refractivity contribution in [3.8, 4) is 78.7 Å². The van der Waals surface area contributed by atoms with Crippen molar-refractivity contribution in [2.45, 2.75) is 5.41 Å². The Morgan fingerprint density at radius 1 is 0.323 bits per heavy atom. The second kappa shape index (κ2) is 13.4. The highest BCUT2D eigenvalue weighted by Gasteiger charge is 2.52. The highest BCUT2D eigenvalue weighted by Crippen LogP contribution is 2.64. The molecular weight excluding hydrogens is 755 g/mol. The summed E-state index contributed by atoms with van der Waals surface area (Å²) in [4.78, 5) is 15.8. The molecule has 0 saturated heterocycles. The van der Waals surface area contributed by atoms with E-state index < -0.39 is 5.41 Å². The number of fused-ring (bicyclic) bond motifs is 14. The molecule has 0 saturated carbocycles. The van der Waals surface area contributed by atoms with Crippen molar-refractivity contribution < 1.29 is 4.42 Å². The van der Waals surface area contributed by atoms with Crippen LogP contribution in [0.5, 0.6) is 0 Å². The Morgan fingerprint density at radius 2 is 0.790 bits per heavy atom. The average molecular weight is 790 g/mol. The number of nitrogens with zero attached hydrogens (tertiary/aromatic N) is 3. The van der Waals surface area contributed by atoms with Gasteiger partial charge in [0.2, 0.25) is 0 Å². The Kier molecular flexibility index (Phi) is 7.49. The van der Waals surface area contributed by atoms with E-state index in [-0.39, 0.29) is 0 Å². The van der Waals surface area contributed by atoms with Gasteiger partial charge in [0, 0.05) is 33.0 Å². The summed E-state index contributed by atoms with van der Waals surface area (Å²) in [6.07, 6.45) is 0. The van der Waals surface area contributed by atoms with Gasteiger partial charge in [-0.25, -0.2) is 15.0 Å². The van der Waals surface area contributed by atoms with Crippen LogP contribution in [0.2, 0.25) is 0 Å². The van der Waals surface area contributed by atoms with E-state index in [4.69, 9.17) is 19.4 Å². The Labute approximate surface area is 358 Å². The van der Waals surface area contributed by atoms with Crippen LogP contribution in [0.3, 0.4) is 0 Å². The second-order valence-corrected chi connectivity index (χ2v) is 16.2. The van der Waals surface area contributed by atoms with Crippen LogP contribution in [-0.4, -0.2) is 15.0 Å². The van der Waals surface area contributed by atoms with Gasteiger partial charge in [0.05, 0.1) is 5.41 Å². The topological polar surface area (TPSA) is 51.8 Å². The largest absolute Gasteiger partial charge is 0.455 e. The van der Waals surface area contributed by atoms with Crippen LogP contribution in [-0.2, 0) is 5.41 Å². The summed E-state index contributed by atoms with van der Waals surface area (Å²) in [6.45, 7) is 0. The number of furan rings is 1. The summed E-state index contributed by atoms with van der Waals surface area (Å²) in [5.41, 5.74) is 18.4. The Bertz CT molecular complexity index is 3470. The molecule has 288 valence electrons. The zero-order valence-corrected chi connectivity index (χ0v) is 33.5. The highest BCUT2D eigenvalue weighted by atomic mass is 16.3. The van der Waals surface area contributed by atoms with E-state index in [9.17, 15) is 0 Å². The molecule has 11 aromatic rings. The van der Waals surface area contributed by atoms with Crippen molar-refractivity contribution in [1.82, 2.24) is 15.0 Å². The number of hydrogen-bond donors (Lipinski definition) is 0. The lowest BCUT2D eigenvalue weighted by atomic mass is 9.70. The minimum Gasteiger partial charge on any atom is -0.455 e. The standard InChI is InChI=1S/C58H35N3O/c1-4-17-36(18-5-1)39-33-40(37-19-6-2-7-20-37)35-41(34-39)56-59-55(38-21-8-3-9-22-38)60-57(61-56)46-26-16-30-51-52(46)45-31-32-50-53(54(45)62-51)44-25-12-15-29-49(44)58(50)47-27-13-10-23-42(47)43-24-11-14-28-48(43)58/h1-35H. The number of hydrogen-bond acceptors (Lipinski definition) is 4. The van der Waals surface area contributed by atoms with Crippen molar-refractivity contribution in [2.75, 3.05) is 0 Å². The molecule has 0 aliphatic heterocycles. The molecule has 1 spiro atoms. The summed E-state index contributed by atoms with van der Waals surface area (Å²) in [5.74, 6) is 1.80. The predicted molar refractivity (Wildman–Crippen MR) is 251 cm³/mol. The second-order valence-electron chi connectivity index (χ2n) is 16.2. The molecule has 0 N–H and O–H groups in total. The fourth-order valence-corrected chi connectivity index (χ4v) is 10.3. The zero-order chi connectivity index (χ0) is 40.8. The zero-order valence-electron chi connectivity index (χ0n) is 33.5. The normalized spacial score (nSPS) is 13.0. The van der Waals surface area contributed by atoms with Crippen molar-refractivity contribution in [1.29, 1.82) is 0 Å². The van der Waals surface area contributed by atoms with Gasteiger partial charge in [-0.3, -0.25) is 0 Å². The fraction of sp³-hybridized carbons (Fsp3) is 0.0172. The molecule has 0 atom stereocenters. The molecular formula is C58H35N3O. The van der Waals surface area contributed by atoms with Crippen LogP contribution in [0.15, 0.2) is 217 Å². The van der Waals surface area contributed by atoms with Crippen molar-refractivity contribution in [2.24, 2.45) is 0 Å². The van der Waals surface area contributed by atoms with E-state index in [1.807, 2.05) is 36.4 Å². The Morgan fingerprint density at radius 3 is 1.40 bits per heavy atom. The number of benzene rings is 9. The molecule has 0 unspecified atom stereocenters. The van der Waals surface area contributed by atoms with Gasteiger partial charge >= 0.3 is 0 Å². The monoisotopic (exact) mass is 789 g/mol. The Balaban J connectivity index is 1.06. The lowest BCUT2D eigenvalue weighted by Crippen LogP contribution is -2.25. The molecule has 0 bridgehead atoms. The van der Waals surface area contributed by atoms with Crippen molar-refractivity contribution in [3.63, 3.8) is 0 Å². The van der Waals surface area contributed by atoms with Crippen LogP contribution < -0.4 is 0 Å². The van der Waals surface area contributed by atoms with Gasteiger partial charge in [0.1, 0.15) is 11.2 Å². The minimum atomic E-state index is -0.463. The van der Waals surface area contributed by atoms with Gasteiger partial charge in [0.15, 0.2) is 17.5 Å². The molecule has 62 heavy (non-hydrogen) atoms. The van der Waals surface area contributed by atoms with Crippen LogP contribution in [0.4, 0.5) is 0 Å². The molecule has 9 aromatic carbocycles. The number of rotatable bonds is 5. The molecule has 0 amide bonds. The predicted octanol–water partition coefficient (Wildman–Crippen LogP) is 14.4. The van der Waals surface area contributed by atoms with Gasteiger partial charge in [0.25, 0.3) is 0 Å². The van der Waals surface area contributed by atoms with Crippen LogP contribution in [0, 0.1) is 0 Å². The molecule has 2 aliphatic carbocycles. The molecule has 4 heteroatoms. The molecule has 0 radical (unpaired) electrons. The van der Waals surface area contributed by atoms with Gasteiger partial charge in [-0.15, -0.1) is 0 Å². The van der Waals surface area contributed by atoms with E-state index >= 15 is 0 Å². The van der Waals surface area contributed by atoms with Crippen molar-refractivity contribution >= 4 is 21.9 Å². The van der Waals surface area contributed by atoms with Gasteiger partial charge < -0.3 is 4.42 Å². The maximum absolute atomic E-state index is 7.08. The van der Waals surface area contributed by atoms with Gasteiger partial charge in [-0.1, -0.05) is 188 Å². The quantitative estimate of drug-likeness (QED) is 0.174. The molecule has 4 nitrogen and oxygen atoms in total. The van der Waals surface area contributed by atoms with Crippen molar-refractivity contribution in [3.05, 3.63) is 235 Å². The van der Waals surface area contributed by atoms with E-state index in [1.54, 1.807) is 0 Å². The smallest absolute Gasteiger partial charge is 0.164 e. The average Bonchev–Trinajstić information content (AvgIpc) is 3.99. The van der Waals surface area contributed by atoms with Gasteiger partial charge in [-0.2, -0.15) is 0 Å². The van der Waals surface area contributed by atoms with E-state index in [1.165, 1.54) is 38.9 Å². The number of aromatic nitrogens is 3. The third-order valence-electron chi connectivity index (χ3n) is 12.9. The molecule has 13 rings (SSSR count). The summed E-state index contributed by atoms with van der Waals surface area (Å²) < 4.78 is 7.08. The first-order valence-electron chi connectivity index (χ1n) is 21.1. The minimum absolute atomic E-state index is 0.463. The summed E-state index contributed by atoms with van der Waals surface area (Å²) in [6, 6.07) is 75.3. The van der Waals surface area contributed by atoms with E-state index in [0.29, 0.717) is 17.5 Å². The van der Waals surface area contributed by atoms with Gasteiger partial charge in [-0.05, 0) is 85.5 Å². The first kappa shape index (κ1) is 34.6. The fourth-order valence-electron chi connectivity index (χ4n) is 10.3. The summed E-state index contributed by atoms with van der Waals surface area (Å²) >= 11 is 0. The molecule has 0 fully saturated rings. The first-order valence-corrected chi connectivity index (χ1v) is 21.1. The highest BCUT2D eigenvalue weighted by molar-refractivity contribution is 6.17. The molecule has 2 aromatic heterocycles. The maximum atomic E-state index is 7.08. The summed E-state index contributed by atoms with van der Waals surface area (Å²) in [5, 5.41) is 2.01. The molecule has 2 heterocycles.